The number of carbonyl (C=O) groups is 2. The Labute approximate surface area is 203 Å². The zero-order valence-electron chi connectivity index (χ0n) is 19.0. The highest BCUT2D eigenvalue weighted by atomic mass is 32.2. The van der Waals surface area contributed by atoms with Crippen molar-refractivity contribution >= 4 is 35.4 Å². The Hall–Kier alpha value is -3.89. The molecule has 0 unspecified atom stereocenters. The lowest BCUT2D eigenvalue weighted by Crippen LogP contribution is -2.41. The van der Waals surface area contributed by atoms with Gasteiger partial charge < -0.3 is 10.4 Å². The van der Waals surface area contributed by atoms with Crippen molar-refractivity contribution in [2.45, 2.75) is 19.4 Å². The van der Waals surface area contributed by atoms with Crippen LogP contribution < -0.4 is 5.32 Å². The van der Waals surface area contributed by atoms with Crippen LogP contribution in [0.2, 0.25) is 0 Å². The summed E-state index contributed by atoms with van der Waals surface area (Å²) in [5.41, 5.74) is 4.79. The Morgan fingerprint density at radius 2 is 1.97 bits per heavy atom. The number of carboxylic acids is 1. The third-order valence-electron chi connectivity index (χ3n) is 5.32. The molecular weight excluding hydrogens is 446 g/mol. The minimum Gasteiger partial charge on any atom is -0.480 e. The van der Waals surface area contributed by atoms with E-state index in [2.05, 4.69) is 15.1 Å². The molecule has 1 atom stereocenters. The first-order valence-corrected chi connectivity index (χ1v) is 12.1. The first-order valence-electron chi connectivity index (χ1n) is 10.7. The topological polar surface area (TPSA) is 83.7 Å². The van der Waals surface area contributed by atoms with Crippen molar-refractivity contribution < 1.29 is 14.7 Å². The SMILES string of the molecule is [C-]#[N+]/C(=C/c1ccc(C(=O)N[C@@H](CCSC)C(=O)O)c(-c2ccccc2C)c1)c1cccnc1. The number of aromatic nitrogens is 1. The number of aryl methyl sites for hydroxylation is 1. The molecule has 1 amide bonds. The molecule has 0 aliphatic carbocycles. The third kappa shape index (κ3) is 6.12. The molecule has 0 radical (unpaired) electrons. The lowest BCUT2D eigenvalue weighted by Gasteiger charge is -2.17. The molecule has 1 aromatic heterocycles. The van der Waals surface area contributed by atoms with E-state index >= 15 is 0 Å². The summed E-state index contributed by atoms with van der Waals surface area (Å²) in [5, 5.41) is 12.2. The van der Waals surface area contributed by atoms with Crippen LogP contribution >= 0.6 is 11.8 Å². The Bertz CT molecular complexity index is 1250. The average molecular weight is 472 g/mol. The van der Waals surface area contributed by atoms with Crippen molar-refractivity contribution in [1.82, 2.24) is 10.3 Å². The van der Waals surface area contributed by atoms with Gasteiger partial charge in [-0.25, -0.2) is 9.64 Å². The van der Waals surface area contributed by atoms with Crippen LogP contribution in [0.25, 0.3) is 27.7 Å². The van der Waals surface area contributed by atoms with E-state index in [1.54, 1.807) is 36.7 Å². The van der Waals surface area contributed by atoms with E-state index < -0.39 is 17.9 Å². The quantitative estimate of drug-likeness (QED) is 0.408. The lowest BCUT2D eigenvalue weighted by molar-refractivity contribution is -0.139. The molecule has 34 heavy (non-hydrogen) atoms. The summed E-state index contributed by atoms with van der Waals surface area (Å²) in [7, 11) is 0. The number of amides is 1. The zero-order chi connectivity index (χ0) is 24.5. The molecule has 7 heteroatoms. The Morgan fingerprint density at radius 3 is 2.62 bits per heavy atom. The molecule has 0 bridgehead atoms. The molecule has 0 fully saturated rings. The van der Waals surface area contributed by atoms with E-state index in [1.165, 1.54) is 11.8 Å². The fourth-order valence-corrected chi connectivity index (χ4v) is 4.00. The lowest BCUT2D eigenvalue weighted by atomic mass is 9.93. The zero-order valence-corrected chi connectivity index (χ0v) is 19.8. The standard InChI is InChI=1S/C27H25N3O3S/c1-18-7-4-5-9-21(18)23-15-19(16-25(28-2)20-8-6-13-29-17-20)10-11-22(23)26(31)30-24(27(32)33)12-14-34-3/h4-11,13,15-17,24H,12,14H2,1,3H3,(H,30,31)(H,32,33)/b25-16+/t24-/m0/s1. The summed E-state index contributed by atoms with van der Waals surface area (Å²) in [5.74, 6) is -0.878. The van der Waals surface area contributed by atoms with E-state index in [0.29, 0.717) is 34.6 Å². The number of benzene rings is 2. The van der Waals surface area contributed by atoms with E-state index in [0.717, 1.165) is 16.7 Å². The number of nitrogens with one attached hydrogen (secondary N) is 1. The second-order valence-corrected chi connectivity index (χ2v) is 8.63. The van der Waals surface area contributed by atoms with Crippen LogP contribution in [-0.4, -0.2) is 40.0 Å². The van der Waals surface area contributed by atoms with Crippen LogP contribution in [-0.2, 0) is 4.79 Å². The maximum Gasteiger partial charge on any atom is 0.326 e. The van der Waals surface area contributed by atoms with Crippen molar-refractivity contribution in [2.24, 2.45) is 0 Å². The number of carboxylic acid groups (broad SMARTS) is 1. The smallest absolute Gasteiger partial charge is 0.326 e. The van der Waals surface area contributed by atoms with Gasteiger partial charge in [-0.15, -0.1) is 0 Å². The highest BCUT2D eigenvalue weighted by molar-refractivity contribution is 7.98. The maximum absolute atomic E-state index is 13.2. The number of hydrogen-bond acceptors (Lipinski definition) is 4. The van der Waals surface area contributed by atoms with Crippen molar-refractivity contribution in [3.63, 3.8) is 0 Å². The van der Waals surface area contributed by atoms with Crippen LogP contribution in [0, 0.1) is 13.5 Å². The van der Waals surface area contributed by atoms with Crippen LogP contribution in [0.4, 0.5) is 0 Å². The number of carbonyl (C=O) groups excluding carboxylic acids is 1. The number of aliphatic carboxylic acids is 1. The molecule has 0 aliphatic rings. The molecule has 172 valence electrons. The monoisotopic (exact) mass is 471 g/mol. The van der Waals surface area contributed by atoms with Gasteiger partial charge in [0.1, 0.15) is 6.04 Å². The number of hydrogen-bond donors (Lipinski definition) is 2. The molecule has 1 heterocycles. The van der Waals surface area contributed by atoms with Crippen LogP contribution in [0.1, 0.15) is 33.5 Å². The van der Waals surface area contributed by atoms with Gasteiger partial charge in [0.15, 0.2) is 5.70 Å². The highest BCUT2D eigenvalue weighted by Crippen LogP contribution is 2.30. The Morgan fingerprint density at radius 1 is 1.18 bits per heavy atom. The van der Waals surface area contributed by atoms with Gasteiger partial charge >= 0.3 is 5.97 Å². The number of pyridine rings is 1. The fourth-order valence-electron chi connectivity index (χ4n) is 3.53. The predicted octanol–water partition coefficient (Wildman–Crippen LogP) is 5.41. The molecule has 0 spiro atoms. The van der Waals surface area contributed by atoms with Crippen molar-refractivity contribution in [3.05, 3.63) is 101 Å². The first-order chi connectivity index (χ1) is 16.4. The average Bonchev–Trinajstić information content (AvgIpc) is 2.85. The molecule has 0 saturated heterocycles. The molecule has 2 N–H and O–H groups in total. The highest BCUT2D eigenvalue weighted by Gasteiger charge is 2.22. The van der Waals surface area contributed by atoms with Gasteiger partial charge in [0.05, 0.1) is 6.57 Å². The molecular formula is C27H25N3O3S. The van der Waals surface area contributed by atoms with Gasteiger partial charge in [-0.3, -0.25) is 9.78 Å². The number of nitrogens with zero attached hydrogens (tertiary/aromatic N) is 2. The summed E-state index contributed by atoms with van der Waals surface area (Å²) < 4.78 is 0. The summed E-state index contributed by atoms with van der Waals surface area (Å²) in [6.45, 7) is 9.55. The van der Waals surface area contributed by atoms with Gasteiger partial charge in [0, 0.05) is 18.0 Å². The minimum atomic E-state index is -1.06. The Kier molecular flexibility index (Phi) is 8.60. The summed E-state index contributed by atoms with van der Waals surface area (Å²) in [6, 6.07) is 15.6. The Balaban J connectivity index is 2.06. The van der Waals surface area contributed by atoms with Gasteiger partial charge in [-0.2, -0.15) is 11.8 Å². The minimum absolute atomic E-state index is 0.336. The second kappa shape index (κ2) is 11.8. The fraction of sp³-hybridized carbons (Fsp3) is 0.185. The van der Waals surface area contributed by atoms with Crippen molar-refractivity contribution in [1.29, 1.82) is 0 Å². The van der Waals surface area contributed by atoms with E-state index in [4.69, 9.17) is 6.57 Å². The van der Waals surface area contributed by atoms with Crippen molar-refractivity contribution in [3.8, 4) is 11.1 Å². The van der Waals surface area contributed by atoms with E-state index in [-0.39, 0.29) is 0 Å². The largest absolute Gasteiger partial charge is 0.480 e. The molecule has 3 aromatic rings. The van der Waals surface area contributed by atoms with Crippen LogP contribution in [0.3, 0.4) is 0 Å². The molecule has 6 nitrogen and oxygen atoms in total. The predicted molar refractivity (Wildman–Crippen MR) is 137 cm³/mol. The summed E-state index contributed by atoms with van der Waals surface area (Å²) >= 11 is 1.53. The summed E-state index contributed by atoms with van der Waals surface area (Å²) in [6.07, 6.45) is 7.27. The van der Waals surface area contributed by atoms with Crippen molar-refractivity contribution in [2.75, 3.05) is 12.0 Å². The van der Waals surface area contributed by atoms with Gasteiger partial charge in [0.25, 0.3) is 5.91 Å². The molecule has 0 aliphatic heterocycles. The summed E-state index contributed by atoms with van der Waals surface area (Å²) in [4.78, 5) is 32.6. The normalized spacial score (nSPS) is 12.0. The molecule has 0 saturated carbocycles. The van der Waals surface area contributed by atoms with Gasteiger partial charge in [0.2, 0.25) is 0 Å². The molecule has 3 rings (SSSR count). The van der Waals surface area contributed by atoms with E-state index in [1.807, 2.05) is 49.6 Å². The second-order valence-electron chi connectivity index (χ2n) is 7.65. The first kappa shape index (κ1) is 24.7. The number of rotatable bonds is 9. The molecule has 2 aromatic carbocycles. The van der Waals surface area contributed by atoms with E-state index in [9.17, 15) is 14.7 Å². The third-order valence-corrected chi connectivity index (χ3v) is 5.96. The van der Waals surface area contributed by atoms with Crippen LogP contribution in [0.15, 0.2) is 67.0 Å². The van der Waals surface area contributed by atoms with Gasteiger partial charge in [-0.05, 0) is 77.4 Å². The van der Waals surface area contributed by atoms with Gasteiger partial charge in [-0.1, -0.05) is 36.4 Å². The maximum atomic E-state index is 13.2. The van der Waals surface area contributed by atoms with Crippen LogP contribution in [0.5, 0.6) is 0 Å². The number of thioether (sulfide) groups is 1.